The maximum Gasteiger partial charge on any atom is 0.347 e. The Balaban J connectivity index is 1.57. The molecule has 0 unspecified atom stereocenters. The predicted molar refractivity (Wildman–Crippen MR) is 118 cm³/mol. The molecule has 158 valence electrons. The standard InChI is InChI=1S/C22H23N7O2/c1-14(2)25-19-20-27-28-22(31)29(20)13-18(26-19)16-4-3-5-17(12-16)21(30)24-11-8-15-6-9-23-10-7-15/h3-7,9-10,12-14H,8,11H2,1-2H3,(H,24,30)(H,25,26)(H,28,31). The van der Waals surface area contributed by atoms with E-state index in [1.165, 1.54) is 4.40 Å². The van der Waals surface area contributed by atoms with Gasteiger partial charge in [-0.1, -0.05) is 12.1 Å². The van der Waals surface area contributed by atoms with Crippen molar-refractivity contribution >= 4 is 17.4 Å². The maximum atomic E-state index is 12.6. The fourth-order valence-corrected chi connectivity index (χ4v) is 3.21. The van der Waals surface area contributed by atoms with Crippen LogP contribution in [0.1, 0.15) is 29.8 Å². The predicted octanol–water partition coefficient (Wildman–Crippen LogP) is 2.27. The van der Waals surface area contributed by atoms with Crippen molar-refractivity contribution in [1.29, 1.82) is 0 Å². The molecule has 0 bridgehead atoms. The zero-order valence-electron chi connectivity index (χ0n) is 17.3. The van der Waals surface area contributed by atoms with Gasteiger partial charge in [-0.05, 0) is 50.1 Å². The number of aromatic amines is 1. The first-order valence-electron chi connectivity index (χ1n) is 10.0. The van der Waals surface area contributed by atoms with Gasteiger partial charge < -0.3 is 10.6 Å². The van der Waals surface area contributed by atoms with Crippen LogP contribution in [0.3, 0.4) is 0 Å². The topological polar surface area (TPSA) is 117 Å². The Morgan fingerprint density at radius 3 is 2.77 bits per heavy atom. The van der Waals surface area contributed by atoms with Crippen LogP contribution < -0.4 is 16.3 Å². The summed E-state index contributed by atoms with van der Waals surface area (Å²) in [5, 5.41) is 12.6. The second-order valence-electron chi connectivity index (χ2n) is 7.44. The van der Waals surface area contributed by atoms with Crippen molar-refractivity contribution in [1.82, 2.24) is 29.9 Å². The van der Waals surface area contributed by atoms with E-state index in [-0.39, 0.29) is 17.6 Å². The van der Waals surface area contributed by atoms with E-state index in [2.05, 4.69) is 30.8 Å². The molecule has 0 spiro atoms. The van der Waals surface area contributed by atoms with Crippen LogP contribution in [0.2, 0.25) is 0 Å². The first kappa shape index (κ1) is 20.3. The number of H-pyrrole nitrogens is 1. The van der Waals surface area contributed by atoms with Crippen LogP contribution in [0.25, 0.3) is 16.9 Å². The summed E-state index contributed by atoms with van der Waals surface area (Å²) >= 11 is 0. The van der Waals surface area contributed by atoms with Crippen LogP contribution in [0.5, 0.6) is 0 Å². The van der Waals surface area contributed by atoms with Crippen molar-refractivity contribution in [3.05, 3.63) is 76.6 Å². The van der Waals surface area contributed by atoms with E-state index in [0.717, 1.165) is 17.5 Å². The second kappa shape index (κ2) is 8.78. The summed E-state index contributed by atoms with van der Waals surface area (Å²) in [7, 11) is 0. The number of anilines is 1. The highest BCUT2D eigenvalue weighted by atomic mass is 16.2. The molecule has 4 rings (SSSR count). The summed E-state index contributed by atoms with van der Waals surface area (Å²) < 4.78 is 1.41. The van der Waals surface area contributed by atoms with Crippen LogP contribution in [0.15, 0.2) is 59.8 Å². The van der Waals surface area contributed by atoms with Crippen LogP contribution in [-0.2, 0) is 6.42 Å². The van der Waals surface area contributed by atoms with Gasteiger partial charge in [0, 0.05) is 42.3 Å². The van der Waals surface area contributed by atoms with Crippen molar-refractivity contribution in [3.63, 3.8) is 0 Å². The normalized spacial score (nSPS) is 11.1. The van der Waals surface area contributed by atoms with Gasteiger partial charge in [-0.3, -0.25) is 9.78 Å². The van der Waals surface area contributed by atoms with E-state index in [1.54, 1.807) is 36.8 Å². The van der Waals surface area contributed by atoms with Crippen LogP contribution in [0, 0.1) is 0 Å². The van der Waals surface area contributed by atoms with Crippen LogP contribution in [-0.4, -0.2) is 43.1 Å². The lowest BCUT2D eigenvalue weighted by Crippen LogP contribution is -2.25. The first-order valence-corrected chi connectivity index (χ1v) is 10.0. The second-order valence-corrected chi connectivity index (χ2v) is 7.44. The zero-order chi connectivity index (χ0) is 21.8. The summed E-state index contributed by atoms with van der Waals surface area (Å²) in [4.78, 5) is 33.4. The van der Waals surface area contributed by atoms with Crippen LogP contribution >= 0.6 is 0 Å². The molecule has 3 aromatic heterocycles. The number of fused-ring (bicyclic) bond motifs is 1. The number of pyridine rings is 1. The van der Waals surface area contributed by atoms with E-state index in [9.17, 15) is 9.59 Å². The Morgan fingerprint density at radius 1 is 1.19 bits per heavy atom. The third kappa shape index (κ3) is 4.61. The van der Waals surface area contributed by atoms with Gasteiger partial charge in [0.1, 0.15) is 0 Å². The zero-order valence-corrected chi connectivity index (χ0v) is 17.3. The molecular weight excluding hydrogens is 394 g/mol. The van der Waals surface area contributed by atoms with Gasteiger partial charge in [0.05, 0.1) is 5.69 Å². The average molecular weight is 417 g/mol. The molecule has 0 fully saturated rings. The summed E-state index contributed by atoms with van der Waals surface area (Å²) in [5.74, 6) is 0.330. The highest BCUT2D eigenvalue weighted by molar-refractivity contribution is 5.95. The summed E-state index contributed by atoms with van der Waals surface area (Å²) in [6, 6.07) is 11.1. The minimum Gasteiger partial charge on any atom is -0.365 e. The molecule has 0 radical (unpaired) electrons. The van der Waals surface area contributed by atoms with Crippen LogP contribution in [0.4, 0.5) is 5.82 Å². The van der Waals surface area contributed by atoms with Crippen molar-refractivity contribution in [2.75, 3.05) is 11.9 Å². The number of hydrogen-bond donors (Lipinski definition) is 3. The quantitative estimate of drug-likeness (QED) is 0.425. The molecule has 31 heavy (non-hydrogen) atoms. The van der Waals surface area contributed by atoms with Crippen molar-refractivity contribution < 1.29 is 4.79 Å². The van der Waals surface area contributed by atoms with Gasteiger partial charge in [-0.2, -0.15) is 0 Å². The summed E-state index contributed by atoms with van der Waals surface area (Å²) in [6.45, 7) is 4.48. The van der Waals surface area contributed by atoms with Gasteiger partial charge in [0.2, 0.25) is 5.65 Å². The van der Waals surface area contributed by atoms with E-state index >= 15 is 0 Å². The number of nitrogens with zero attached hydrogens (tertiary/aromatic N) is 4. The smallest absolute Gasteiger partial charge is 0.347 e. The molecule has 1 amide bonds. The molecular formula is C22H23N7O2. The SMILES string of the molecule is CC(C)Nc1nc(-c2cccc(C(=O)NCCc3ccncc3)c2)cn2c(=O)[nH]nc12. The molecule has 4 aromatic rings. The summed E-state index contributed by atoms with van der Waals surface area (Å²) in [6.07, 6.45) is 5.81. The Morgan fingerprint density at radius 2 is 2.00 bits per heavy atom. The molecule has 0 saturated carbocycles. The Hall–Kier alpha value is -4.01. The number of nitrogens with one attached hydrogen (secondary N) is 3. The highest BCUT2D eigenvalue weighted by Crippen LogP contribution is 2.22. The monoisotopic (exact) mass is 417 g/mol. The maximum absolute atomic E-state index is 12.6. The number of aromatic nitrogens is 5. The van der Waals surface area contributed by atoms with E-state index < -0.39 is 0 Å². The van der Waals surface area contributed by atoms with Gasteiger partial charge in [-0.25, -0.2) is 19.3 Å². The lowest BCUT2D eigenvalue weighted by molar-refractivity contribution is 0.0954. The highest BCUT2D eigenvalue weighted by Gasteiger charge is 2.14. The van der Waals surface area contributed by atoms with Gasteiger partial charge in [-0.15, -0.1) is 5.10 Å². The van der Waals surface area contributed by atoms with Crippen molar-refractivity contribution in [2.45, 2.75) is 26.3 Å². The van der Waals surface area contributed by atoms with Gasteiger partial charge >= 0.3 is 5.69 Å². The fourth-order valence-electron chi connectivity index (χ4n) is 3.21. The lowest BCUT2D eigenvalue weighted by Gasteiger charge is -2.12. The fraction of sp³-hybridized carbons (Fsp3) is 0.227. The number of hydrogen-bond acceptors (Lipinski definition) is 6. The molecule has 1 aromatic carbocycles. The molecule has 0 aliphatic heterocycles. The minimum absolute atomic E-state index is 0.107. The number of carbonyl (C=O) groups excluding carboxylic acids is 1. The molecule has 9 nitrogen and oxygen atoms in total. The third-order valence-electron chi connectivity index (χ3n) is 4.69. The minimum atomic E-state index is -0.351. The molecule has 3 N–H and O–H groups in total. The largest absolute Gasteiger partial charge is 0.365 e. The number of amides is 1. The molecule has 0 aliphatic carbocycles. The molecule has 0 aliphatic rings. The van der Waals surface area contributed by atoms with Gasteiger partial charge in [0.25, 0.3) is 5.91 Å². The van der Waals surface area contributed by atoms with Gasteiger partial charge in [0.15, 0.2) is 5.82 Å². The average Bonchev–Trinajstić information content (AvgIpc) is 3.15. The summed E-state index contributed by atoms with van der Waals surface area (Å²) in [5.41, 5.74) is 2.99. The van der Waals surface area contributed by atoms with E-state index in [0.29, 0.717) is 29.3 Å². The first-order chi connectivity index (χ1) is 15.0. The molecule has 3 heterocycles. The lowest BCUT2D eigenvalue weighted by atomic mass is 10.1. The Labute approximate surface area is 178 Å². The number of carbonyl (C=O) groups is 1. The van der Waals surface area contributed by atoms with Crippen molar-refractivity contribution in [3.8, 4) is 11.3 Å². The van der Waals surface area contributed by atoms with E-state index in [1.807, 2.05) is 32.0 Å². The van der Waals surface area contributed by atoms with E-state index in [4.69, 9.17) is 0 Å². The number of benzene rings is 1. The molecule has 0 saturated heterocycles. The Kier molecular flexibility index (Phi) is 5.74. The molecule has 0 atom stereocenters. The van der Waals surface area contributed by atoms with Crippen molar-refractivity contribution in [2.24, 2.45) is 0 Å². The number of rotatable bonds is 7. The Bertz CT molecular complexity index is 1260. The molecule has 9 heteroatoms. The third-order valence-corrected chi connectivity index (χ3v) is 4.69.